The normalized spacial score (nSPS) is 10.9. The predicted molar refractivity (Wildman–Crippen MR) is 96.7 cm³/mol. The fourth-order valence-electron chi connectivity index (χ4n) is 3.17. The van der Waals surface area contributed by atoms with E-state index in [0.29, 0.717) is 21.7 Å². The Kier molecular flexibility index (Phi) is 3.41. The number of hydrogen-bond donors (Lipinski definition) is 0. The van der Waals surface area contributed by atoms with Crippen LogP contribution in [-0.2, 0) is 0 Å². The summed E-state index contributed by atoms with van der Waals surface area (Å²) in [6.07, 6.45) is 1.70. The molecule has 2 aromatic heterocycles. The number of pyridine rings is 1. The third kappa shape index (κ3) is 2.24. The zero-order valence-electron chi connectivity index (χ0n) is 12.8. The minimum Gasteiger partial charge on any atom is -0.301 e. The van der Waals surface area contributed by atoms with Crippen LogP contribution in [0, 0.1) is 21.4 Å². The molecule has 5 nitrogen and oxygen atoms in total. The van der Waals surface area contributed by atoms with Gasteiger partial charge in [0.15, 0.2) is 0 Å². The van der Waals surface area contributed by atoms with Gasteiger partial charge in [-0.05, 0) is 29.1 Å². The van der Waals surface area contributed by atoms with Crippen molar-refractivity contribution < 1.29 is 4.92 Å². The molecule has 0 radical (unpaired) electrons. The van der Waals surface area contributed by atoms with E-state index in [0.717, 1.165) is 10.8 Å². The molecule has 0 amide bonds. The van der Waals surface area contributed by atoms with Gasteiger partial charge < -0.3 is 4.40 Å². The first kappa shape index (κ1) is 15.2. The Morgan fingerprint density at radius 3 is 2.48 bits per heavy atom. The maximum absolute atomic E-state index is 11.9. The molecule has 0 saturated carbocycles. The molecule has 0 saturated heterocycles. The van der Waals surface area contributed by atoms with Gasteiger partial charge in [-0.3, -0.25) is 10.1 Å². The van der Waals surface area contributed by atoms with E-state index < -0.39 is 4.92 Å². The molecular formula is C19H10ClN3O2. The number of nitrogens with zero attached hydrogens (tertiary/aromatic N) is 3. The van der Waals surface area contributed by atoms with Crippen molar-refractivity contribution in [3.05, 3.63) is 81.6 Å². The minimum absolute atomic E-state index is 0.0735. The molecular weight excluding hydrogens is 338 g/mol. The molecule has 120 valence electrons. The highest BCUT2D eigenvalue weighted by atomic mass is 35.5. The largest absolute Gasteiger partial charge is 0.304 e. The van der Waals surface area contributed by atoms with Gasteiger partial charge in [-0.2, -0.15) is 5.26 Å². The summed E-state index contributed by atoms with van der Waals surface area (Å²) in [6.45, 7) is 0. The maximum atomic E-state index is 11.9. The smallest absolute Gasteiger partial charge is 0.301 e. The van der Waals surface area contributed by atoms with Crippen LogP contribution in [0.4, 0.5) is 5.69 Å². The van der Waals surface area contributed by atoms with Crippen LogP contribution in [0.15, 0.2) is 60.8 Å². The second-order valence-electron chi connectivity index (χ2n) is 5.57. The number of benzene rings is 2. The molecule has 0 spiro atoms. The van der Waals surface area contributed by atoms with Crippen molar-refractivity contribution >= 4 is 33.6 Å². The predicted octanol–water partition coefficient (Wildman–Crippen LogP) is 5.19. The zero-order chi connectivity index (χ0) is 17.6. The number of nitro groups is 1. The molecule has 4 aromatic rings. The van der Waals surface area contributed by atoms with Gasteiger partial charge in [0, 0.05) is 16.6 Å². The van der Waals surface area contributed by atoms with Crippen LogP contribution in [-0.4, -0.2) is 9.32 Å². The molecule has 6 heteroatoms. The molecule has 0 aliphatic heterocycles. The average molecular weight is 348 g/mol. The number of rotatable bonds is 2. The summed E-state index contributed by atoms with van der Waals surface area (Å²) in [7, 11) is 0. The van der Waals surface area contributed by atoms with Crippen LogP contribution in [0.1, 0.15) is 5.69 Å². The maximum Gasteiger partial charge on any atom is 0.304 e. The van der Waals surface area contributed by atoms with Gasteiger partial charge in [-0.15, -0.1) is 0 Å². The lowest BCUT2D eigenvalue weighted by Gasteiger charge is -2.01. The third-order valence-corrected chi connectivity index (χ3v) is 4.47. The van der Waals surface area contributed by atoms with E-state index in [1.165, 1.54) is 0 Å². The lowest BCUT2D eigenvalue weighted by atomic mass is 10.0. The van der Waals surface area contributed by atoms with E-state index in [2.05, 4.69) is 6.07 Å². The highest BCUT2D eigenvalue weighted by molar-refractivity contribution is 6.30. The van der Waals surface area contributed by atoms with E-state index in [1.807, 2.05) is 30.3 Å². The Labute approximate surface area is 147 Å². The van der Waals surface area contributed by atoms with E-state index in [9.17, 15) is 15.4 Å². The molecule has 25 heavy (non-hydrogen) atoms. The van der Waals surface area contributed by atoms with Gasteiger partial charge in [0.1, 0.15) is 17.3 Å². The Balaban J connectivity index is 2.24. The van der Waals surface area contributed by atoms with E-state index in [4.69, 9.17) is 11.6 Å². The second-order valence-corrected chi connectivity index (χ2v) is 6.01. The number of aromatic nitrogens is 1. The molecule has 0 N–H and O–H groups in total. The third-order valence-electron chi connectivity index (χ3n) is 4.22. The van der Waals surface area contributed by atoms with Crippen LogP contribution in [0.5, 0.6) is 0 Å². The van der Waals surface area contributed by atoms with Gasteiger partial charge in [0.2, 0.25) is 0 Å². The van der Waals surface area contributed by atoms with Gasteiger partial charge >= 0.3 is 5.69 Å². The quantitative estimate of drug-likeness (QED) is 0.370. The van der Waals surface area contributed by atoms with E-state index in [-0.39, 0.29) is 11.4 Å². The highest BCUT2D eigenvalue weighted by Gasteiger charge is 2.29. The standard InChI is InChI=1S/C19H10ClN3O2/c20-14-7-5-13(6-8-14)17-16(11-21)22-10-9-12-3-1-2-4-15(12)18(22)19(17)23(24)25/h1-10H. The summed E-state index contributed by atoms with van der Waals surface area (Å²) in [4.78, 5) is 11.5. The molecule has 0 aliphatic rings. The van der Waals surface area contributed by atoms with Crippen LogP contribution < -0.4 is 0 Å². The lowest BCUT2D eigenvalue weighted by Crippen LogP contribution is -1.91. The summed E-state index contributed by atoms with van der Waals surface area (Å²) in [6, 6.07) is 18.1. The summed E-state index contributed by atoms with van der Waals surface area (Å²) < 4.78 is 1.59. The molecule has 0 aliphatic carbocycles. The number of fused-ring (bicyclic) bond motifs is 3. The van der Waals surface area contributed by atoms with Crippen LogP contribution in [0.3, 0.4) is 0 Å². The number of nitriles is 1. The zero-order valence-corrected chi connectivity index (χ0v) is 13.6. The number of halogens is 1. The molecule has 2 heterocycles. The van der Waals surface area contributed by atoms with E-state index in [1.54, 1.807) is 34.9 Å². The van der Waals surface area contributed by atoms with Gasteiger partial charge in [-0.1, -0.05) is 48.0 Å². The Bertz CT molecular complexity index is 1190. The molecule has 0 atom stereocenters. The fraction of sp³-hybridized carbons (Fsp3) is 0. The number of hydrogen-bond acceptors (Lipinski definition) is 3. The fourth-order valence-corrected chi connectivity index (χ4v) is 3.30. The Morgan fingerprint density at radius 1 is 1.08 bits per heavy atom. The van der Waals surface area contributed by atoms with Crippen molar-refractivity contribution in [1.82, 2.24) is 4.40 Å². The Morgan fingerprint density at radius 2 is 1.80 bits per heavy atom. The van der Waals surface area contributed by atoms with Crippen molar-refractivity contribution in [3.63, 3.8) is 0 Å². The van der Waals surface area contributed by atoms with Gasteiger partial charge in [-0.25, -0.2) is 0 Å². The monoisotopic (exact) mass is 347 g/mol. The van der Waals surface area contributed by atoms with Crippen molar-refractivity contribution in [1.29, 1.82) is 5.26 Å². The SMILES string of the molecule is N#Cc1c(-c2ccc(Cl)cc2)c([N+](=O)[O-])c2c3ccccc3ccn12. The lowest BCUT2D eigenvalue weighted by molar-refractivity contribution is -0.382. The van der Waals surface area contributed by atoms with Crippen molar-refractivity contribution in [2.24, 2.45) is 0 Å². The molecule has 4 rings (SSSR count). The second kappa shape index (κ2) is 5.62. The van der Waals surface area contributed by atoms with E-state index >= 15 is 0 Å². The van der Waals surface area contributed by atoms with Gasteiger partial charge in [0.05, 0.1) is 10.5 Å². The summed E-state index contributed by atoms with van der Waals surface area (Å²) in [5.74, 6) is 0. The van der Waals surface area contributed by atoms with Crippen LogP contribution >= 0.6 is 11.6 Å². The molecule has 0 unspecified atom stereocenters. The van der Waals surface area contributed by atoms with Gasteiger partial charge in [0.25, 0.3) is 0 Å². The van der Waals surface area contributed by atoms with Crippen LogP contribution in [0.25, 0.3) is 27.4 Å². The Hall–Kier alpha value is -3.36. The minimum atomic E-state index is -0.424. The van der Waals surface area contributed by atoms with Crippen LogP contribution in [0.2, 0.25) is 5.02 Å². The average Bonchev–Trinajstić information content (AvgIpc) is 2.97. The highest BCUT2D eigenvalue weighted by Crippen LogP contribution is 2.41. The summed E-state index contributed by atoms with van der Waals surface area (Å²) >= 11 is 5.93. The first-order valence-corrected chi connectivity index (χ1v) is 7.86. The molecule has 0 bridgehead atoms. The van der Waals surface area contributed by atoms with Crippen molar-refractivity contribution in [3.8, 4) is 17.2 Å². The van der Waals surface area contributed by atoms with Crippen molar-refractivity contribution in [2.75, 3.05) is 0 Å². The first-order chi connectivity index (χ1) is 12.1. The molecule has 2 aromatic carbocycles. The molecule has 0 fully saturated rings. The summed E-state index contributed by atoms with van der Waals surface area (Å²) in [5, 5.41) is 23.7. The first-order valence-electron chi connectivity index (χ1n) is 7.48. The topological polar surface area (TPSA) is 71.3 Å². The van der Waals surface area contributed by atoms with Crippen molar-refractivity contribution in [2.45, 2.75) is 0 Å². The summed E-state index contributed by atoms with van der Waals surface area (Å²) in [5.41, 5.74) is 1.47.